The Labute approximate surface area is 117 Å². The molecule has 20 heavy (non-hydrogen) atoms. The molecule has 0 unspecified atom stereocenters. The van der Waals surface area contributed by atoms with Crippen LogP contribution < -0.4 is 15.6 Å². The number of hydrogen-bond donors (Lipinski definition) is 3. The number of ether oxygens (including phenoxy) is 1. The highest BCUT2D eigenvalue weighted by atomic mass is 16.5. The normalized spacial score (nSPS) is 11.2. The van der Waals surface area contributed by atoms with Gasteiger partial charge in [0.05, 0.1) is 13.4 Å². The van der Waals surface area contributed by atoms with Crippen molar-refractivity contribution in [2.45, 2.75) is 33.1 Å². The van der Waals surface area contributed by atoms with Gasteiger partial charge in [0.2, 0.25) is 5.75 Å². The minimum Gasteiger partial charge on any atom is -0.489 e. The molecule has 0 saturated carbocycles. The predicted octanol–water partition coefficient (Wildman–Crippen LogP) is 1.47. The monoisotopic (exact) mass is 283 g/mol. The van der Waals surface area contributed by atoms with E-state index in [9.17, 15) is 9.59 Å². The highest BCUT2D eigenvalue weighted by Crippen LogP contribution is 2.27. The van der Waals surface area contributed by atoms with Crippen molar-refractivity contribution >= 4 is 11.8 Å². The number of carboxylic acids is 1. The minimum atomic E-state index is -0.788. The number of anilines is 1. The van der Waals surface area contributed by atoms with E-state index in [1.807, 2.05) is 13.8 Å². The Kier molecular flexibility index (Phi) is 5.54. The van der Waals surface area contributed by atoms with E-state index in [0.717, 1.165) is 6.42 Å². The van der Waals surface area contributed by atoms with E-state index in [4.69, 9.17) is 9.84 Å². The third-order valence-corrected chi connectivity index (χ3v) is 3.12. The SMILES string of the molecule is COc1c(NCCC(C)(C)CCC(=O)O)nc[nH]c1=O. The van der Waals surface area contributed by atoms with E-state index in [-0.39, 0.29) is 23.1 Å². The molecule has 0 aliphatic carbocycles. The number of aromatic amines is 1. The van der Waals surface area contributed by atoms with Crippen LogP contribution in [0.25, 0.3) is 0 Å². The highest BCUT2D eigenvalue weighted by Gasteiger charge is 2.19. The fourth-order valence-electron chi connectivity index (χ4n) is 1.79. The smallest absolute Gasteiger partial charge is 0.303 e. The second kappa shape index (κ2) is 6.93. The standard InChI is InChI=1S/C13H21N3O4/c1-13(2,5-4-9(17)18)6-7-14-11-10(20-3)12(19)16-8-15-11/h8H,4-7H2,1-3H3,(H,17,18)(H2,14,15,16,19). The lowest BCUT2D eigenvalue weighted by Gasteiger charge is -2.24. The summed E-state index contributed by atoms with van der Waals surface area (Å²) in [6.07, 6.45) is 2.82. The average Bonchev–Trinajstić information content (AvgIpc) is 2.37. The van der Waals surface area contributed by atoms with Gasteiger partial charge in [0.25, 0.3) is 5.56 Å². The Morgan fingerprint density at radius 1 is 1.50 bits per heavy atom. The average molecular weight is 283 g/mol. The Bertz CT molecular complexity index is 511. The summed E-state index contributed by atoms with van der Waals surface area (Å²) in [6, 6.07) is 0. The molecule has 0 saturated heterocycles. The van der Waals surface area contributed by atoms with Crippen molar-refractivity contribution in [1.29, 1.82) is 0 Å². The summed E-state index contributed by atoms with van der Waals surface area (Å²) in [7, 11) is 1.41. The molecule has 0 fully saturated rings. The number of aliphatic carboxylic acids is 1. The lowest BCUT2D eigenvalue weighted by Crippen LogP contribution is -2.20. The maximum atomic E-state index is 11.5. The van der Waals surface area contributed by atoms with Gasteiger partial charge in [-0.15, -0.1) is 0 Å². The van der Waals surface area contributed by atoms with Crippen LogP contribution in [0.1, 0.15) is 33.1 Å². The third kappa shape index (κ3) is 4.91. The molecule has 0 aliphatic heterocycles. The van der Waals surface area contributed by atoms with Crippen molar-refractivity contribution in [1.82, 2.24) is 9.97 Å². The molecule has 0 aliphatic rings. The first-order valence-electron chi connectivity index (χ1n) is 6.43. The van der Waals surface area contributed by atoms with Gasteiger partial charge < -0.3 is 20.1 Å². The van der Waals surface area contributed by atoms with Crippen LogP contribution in [0.3, 0.4) is 0 Å². The topological polar surface area (TPSA) is 104 Å². The third-order valence-electron chi connectivity index (χ3n) is 3.12. The number of carbonyl (C=O) groups is 1. The van der Waals surface area contributed by atoms with E-state index in [0.29, 0.717) is 18.8 Å². The molecule has 112 valence electrons. The van der Waals surface area contributed by atoms with Gasteiger partial charge in [0, 0.05) is 13.0 Å². The van der Waals surface area contributed by atoms with Gasteiger partial charge in [0.15, 0.2) is 5.82 Å². The van der Waals surface area contributed by atoms with Crippen molar-refractivity contribution in [3.8, 4) is 5.75 Å². The van der Waals surface area contributed by atoms with Crippen LogP contribution >= 0.6 is 0 Å². The number of nitrogens with one attached hydrogen (secondary N) is 2. The van der Waals surface area contributed by atoms with Gasteiger partial charge >= 0.3 is 5.97 Å². The van der Waals surface area contributed by atoms with E-state index in [2.05, 4.69) is 15.3 Å². The molecule has 7 heteroatoms. The second-order valence-corrected chi connectivity index (χ2v) is 5.35. The van der Waals surface area contributed by atoms with Crippen LogP contribution in [0.2, 0.25) is 0 Å². The summed E-state index contributed by atoms with van der Waals surface area (Å²) in [6.45, 7) is 4.61. The van der Waals surface area contributed by atoms with Crippen molar-refractivity contribution in [3.05, 3.63) is 16.7 Å². The molecule has 1 heterocycles. The summed E-state index contributed by atoms with van der Waals surface area (Å²) >= 11 is 0. The summed E-state index contributed by atoms with van der Waals surface area (Å²) in [4.78, 5) is 28.5. The molecule has 0 spiro atoms. The zero-order valence-electron chi connectivity index (χ0n) is 12.0. The summed E-state index contributed by atoms with van der Waals surface area (Å²) < 4.78 is 4.99. The zero-order chi connectivity index (χ0) is 15.2. The molecule has 1 rings (SSSR count). The zero-order valence-corrected chi connectivity index (χ0v) is 12.0. The molecule has 7 nitrogen and oxygen atoms in total. The number of H-pyrrole nitrogens is 1. The van der Waals surface area contributed by atoms with Gasteiger partial charge in [-0.3, -0.25) is 9.59 Å². The van der Waals surface area contributed by atoms with Gasteiger partial charge in [-0.1, -0.05) is 13.8 Å². The predicted molar refractivity (Wildman–Crippen MR) is 75.2 cm³/mol. The Morgan fingerprint density at radius 2 is 2.20 bits per heavy atom. The van der Waals surface area contributed by atoms with Crippen molar-refractivity contribution < 1.29 is 14.6 Å². The Morgan fingerprint density at radius 3 is 2.80 bits per heavy atom. The van der Waals surface area contributed by atoms with Gasteiger partial charge in [-0.05, 0) is 18.3 Å². The van der Waals surface area contributed by atoms with Gasteiger partial charge in [-0.25, -0.2) is 4.98 Å². The largest absolute Gasteiger partial charge is 0.489 e. The number of aromatic nitrogens is 2. The molecule has 0 amide bonds. The van der Waals surface area contributed by atoms with Gasteiger partial charge in [0.1, 0.15) is 0 Å². The number of hydrogen-bond acceptors (Lipinski definition) is 5. The number of methoxy groups -OCH3 is 1. The van der Waals surface area contributed by atoms with Crippen molar-refractivity contribution in [2.75, 3.05) is 19.0 Å². The quantitative estimate of drug-likeness (QED) is 0.667. The molecular formula is C13H21N3O4. The fourth-order valence-corrected chi connectivity index (χ4v) is 1.79. The highest BCUT2D eigenvalue weighted by molar-refractivity contribution is 5.66. The van der Waals surface area contributed by atoms with E-state index >= 15 is 0 Å². The first-order valence-corrected chi connectivity index (χ1v) is 6.43. The minimum absolute atomic E-state index is 0.0974. The first-order chi connectivity index (χ1) is 9.35. The summed E-state index contributed by atoms with van der Waals surface area (Å²) in [5.41, 5.74) is -0.435. The second-order valence-electron chi connectivity index (χ2n) is 5.35. The number of rotatable bonds is 8. The Hall–Kier alpha value is -2.05. The molecule has 0 atom stereocenters. The molecule has 1 aromatic heterocycles. The molecule has 1 aromatic rings. The van der Waals surface area contributed by atoms with Crippen LogP contribution in [0.15, 0.2) is 11.1 Å². The van der Waals surface area contributed by atoms with Crippen LogP contribution in [-0.2, 0) is 4.79 Å². The lowest BCUT2D eigenvalue weighted by molar-refractivity contribution is -0.137. The summed E-state index contributed by atoms with van der Waals surface area (Å²) in [5, 5.41) is 11.7. The van der Waals surface area contributed by atoms with Gasteiger partial charge in [-0.2, -0.15) is 0 Å². The molecule has 3 N–H and O–H groups in total. The van der Waals surface area contributed by atoms with Crippen LogP contribution in [0.5, 0.6) is 5.75 Å². The summed E-state index contributed by atoms with van der Waals surface area (Å²) in [5.74, 6) is -0.245. The maximum absolute atomic E-state index is 11.5. The van der Waals surface area contributed by atoms with E-state index < -0.39 is 5.97 Å². The molecular weight excluding hydrogens is 262 g/mol. The van der Waals surface area contributed by atoms with Crippen molar-refractivity contribution in [3.63, 3.8) is 0 Å². The van der Waals surface area contributed by atoms with Crippen molar-refractivity contribution in [2.24, 2.45) is 5.41 Å². The van der Waals surface area contributed by atoms with Crippen LogP contribution in [-0.4, -0.2) is 34.7 Å². The maximum Gasteiger partial charge on any atom is 0.303 e. The van der Waals surface area contributed by atoms with Crippen LogP contribution in [0.4, 0.5) is 5.82 Å². The first kappa shape index (κ1) is 16.0. The molecule has 0 bridgehead atoms. The molecule has 0 radical (unpaired) electrons. The van der Waals surface area contributed by atoms with E-state index in [1.54, 1.807) is 0 Å². The molecule has 0 aromatic carbocycles. The fraction of sp³-hybridized carbons (Fsp3) is 0.615. The number of nitrogens with zero attached hydrogens (tertiary/aromatic N) is 1. The van der Waals surface area contributed by atoms with Crippen LogP contribution in [0, 0.1) is 5.41 Å². The Balaban J connectivity index is 2.54. The van der Waals surface area contributed by atoms with E-state index in [1.165, 1.54) is 13.4 Å². The number of carboxylic acid groups (broad SMARTS) is 1. The lowest BCUT2D eigenvalue weighted by atomic mass is 9.84.